The second-order valence-electron chi connectivity index (χ2n) is 8.55. The predicted molar refractivity (Wildman–Crippen MR) is 115 cm³/mol. The quantitative estimate of drug-likeness (QED) is 0.621. The summed E-state index contributed by atoms with van der Waals surface area (Å²) in [6, 6.07) is 16.5. The molecule has 0 aromatic heterocycles. The molecule has 2 aliphatic rings. The summed E-state index contributed by atoms with van der Waals surface area (Å²) in [5.74, 6) is 1.26. The van der Waals surface area contributed by atoms with Gasteiger partial charge >= 0.3 is 0 Å². The van der Waals surface area contributed by atoms with Crippen molar-refractivity contribution in [3.05, 3.63) is 59.2 Å². The highest BCUT2D eigenvalue weighted by atomic mass is 14.6. The number of unbranched alkanes of at least 4 members (excludes halogenated alkanes) is 3. The molecule has 2 aliphatic carbocycles. The van der Waals surface area contributed by atoms with E-state index in [2.05, 4.69) is 42.5 Å². The van der Waals surface area contributed by atoms with E-state index in [0.717, 1.165) is 13.0 Å². The van der Waals surface area contributed by atoms with E-state index < -0.39 is 0 Å². The van der Waals surface area contributed by atoms with Crippen molar-refractivity contribution >= 4 is 0 Å². The first kappa shape index (κ1) is 18.7. The molecule has 2 nitrogen and oxygen atoms in total. The highest BCUT2D eigenvalue weighted by molar-refractivity contribution is 5.80. The lowest BCUT2D eigenvalue weighted by atomic mass is 9.77. The van der Waals surface area contributed by atoms with Crippen LogP contribution in [0.1, 0.15) is 86.3 Å². The minimum Gasteiger partial charge on any atom is -0.330 e. The third-order valence-corrected chi connectivity index (χ3v) is 6.77. The van der Waals surface area contributed by atoms with Gasteiger partial charge in [0.25, 0.3) is 0 Å². The minimum absolute atomic E-state index is 0.411. The third-order valence-electron chi connectivity index (χ3n) is 6.77. The summed E-state index contributed by atoms with van der Waals surface area (Å²) in [7, 11) is 0. The van der Waals surface area contributed by atoms with E-state index in [0.29, 0.717) is 17.9 Å². The summed E-state index contributed by atoms with van der Waals surface area (Å²) in [6.07, 6.45) is 11.1. The summed E-state index contributed by atoms with van der Waals surface area (Å²) in [6.45, 7) is 0.822. The van der Waals surface area contributed by atoms with E-state index in [1.807, 2.05) is 0 Å². The Morgan fingerprint density at radius 1 is 0.741 bits per heavy atom. The zero-order valence-corrected chi connectivity index (χ0v) is 16.5. The van der Waals surface area contributed by atoms with Gasteiger partial charge in [-0.15, -0.1) is 0 Å². The van der Waals surface area contributed by atoms with Crippen molar-refractivity contribution in [1.29, 1.82) is 0 Å². The largest absolute Gasteiger partial charge is 0.330 e. The van der Waals surface area contributed by atoms with Crippen LogP contribution < -0.4 is 11.5 Å². The van der Waals surface area contributed by atoms with Crippen LogP contribution in [0.3, 0.4) is 0 Å². The molecule has 1 atom stereocenters. The summed E-state index contributed by atoms with van der Waals surface area (Å²) in [4.78, 5) is 0. The molecule has 0 radical (unpaired) electrons. The number of nitrogens with two attached hydrogens (primary N) is 2. The van der Waals surface area contributed by atoms with Crippen LogP contribution in [0.2, 0.25) is 0 Å². The predicted octanol–water partition coefficient (Wildman–Crippen LogP) is 5.69. The molecule has 0 bridgehead atoms. The molecule has 144 valence electrons. The lowest BCUT2D eigenvalue weighted by Gasteiger charge is -2.29. The van der Waals surface area contributed by atoms with Gasteiger partial charge in [0.15, 0.2) is 0 Å². The maximum Gasteiger partial charge on any atom is 0.0104 e. The van der Waals surface area contributed by atoms with Crippen LogP contribution in [-0.2, 0) is 0 Å². The summed E-state index contributed by atoms with van der Waals surface area (Å²) in [5.41, 5.74) is 19.6. The van der Waals surface area contributed by atoms with Gasteiger partial charge in [-0.1, -0.05) is 61.7 Å². The summed E-state index contributed by atoms with van der Waals surface area (Å²) >= 11 is 0. The fraction of sp³-hybridized carbons (Fsp3) is 0.520. The molecule has 1 saturated carbocycles. The molecular formula is C25H34N2. The number of rotatable bonds is 7. The molecule has 2 aromatic rings. The first-order chi connectivity index (χ1) is 13.3. The van der Waals surface area contributed by atoms with Crippen molar-refractivity contribution in [2.75, 3.05) is 6.54 Å². The summed E-state index contributed by atoms with van der Waals surface area (Å²) in [5, 5.41) is 0. The van der Waals surface area contributed by atoms with Crippen LogP contribution in [0.4, 0.5) is 0 Å². The van der Waals surface area contributed by atoms with Gasteiger partial charge < -0.3 is 11.5 Å². The van der Waals surface area contributed by atoms with Gasteiger partial charge in [-0.3, -0.25) is 0 Å². The Kier molecular flexibility index (Phi) is 5.95. The lowest BCUT2D eigenvalue weighted by Crippen LogP contribution is -2.26. The van der Waals surface area contributed by atoms with Gasteiger partial charge in [0.05, 0.1) is 0 Å². The SMILES string of the molecule is NCCCCCCC1c2ccccc2-c2cccc(C3CCC(N)CC3)c21. The Labute approximate surface area is 164 Å². The molecule has 0 spiro atoms. The molecular weight excluding hydrogens is 328 g/mol. The number of hydrogen-bond donors (Lipinski definition) is 2. The molecule has 0 heterocycles. The van der Waals surface area contributed by atoms with E-state index >= 15 is 0 Å². The van der Waals surface area contributed by atoms with E-state index in [1.165, 1.54) is 62.5 Å². The van der Waals surface area contributed by atoms with Crippen molar-refractivity contribution < 1.29 is 0 Å². The van der Waals surface area contributed by atoms with Crippen LogP contribution in [0.25, 0.3) is 11.1 Å². The van der Waals surface area contributed by atoms with Crippen LogP contribution >= 0.6 is 0 Å². The van der Waals surface area contributed by atoms with Crippen molar-refractivity contribution in [2.45, 2.75) is 75.7 Å². The van der Waals surface area contributed by atoms with Crippen LogP contribution in [-0.4, -0.2) is 12.6 Å². The topological polar surface area (TPSA) is 52.0 Å². The molecule has 4 rings (SSSR count). The van der Waals surface area contributed by atoms with E-state index in [-0.39, 0.29) is 0 Å². The summed E-state index contributed by atoms with van der Waals surface area (Å²) < 4.78 is 0. The Balaban J connectivity index is 1.63. The van der Waals surface area contributed by atoms with Crippen LogP contribution in [0.5, 0.6) is 0 Å². The lowest BCUT2D eigenvalue weighted by molar-refractivity contribution is 0.393. The number of benzene rings is 2. The molecule has 2 aromatic carbocycles. The standard InChI is InChI=1S/C25H34N2/c26-17-6-2-1-3-10-23-21-8-4-5-9-22(21)24-12-7-11-20(25(23)24)18-13-15-19(27)16-14-18/h4-5,7-9,11-12,18-19,23H,1-3,6,10,13-17,26-27H2. The van der Waals surface area contributed by atoms with Gasteiger partial charge in [-0.25, -0.2) is 0 Å². The molecule has 0 aliphatic heterocycles. The zero-order chi connectivity index (χ0) is 18.6. The minimum atomic E-state index is 0.411. The van der Waals surface area contributed by atoms with Gasteiger partial charge in [0.1, 0.15) is 0 Å². The zero-order valence-electron chi connectivity index (χ0n) is 16.5. The highest BCUT2D eigenvalue weighted by Gasteiger charge is 2.32. The Hall–Kier alpha value is -1.64. The van der Waals surface area contributed by atoms with E-state index in [9.17, 15) is 0 Å². The molecule has 4 N–H and O–H groups in total. The number of fused-ring (bicyclic) bond motifs is 3. The molecule has 0 amide bonds. The van der Waals surface area contributed by atoms with Crippen molar-refractivity contribution in [1.82, 2.24) is 0 Å². The fourth-order valence-corrected chi connectivity index (χ4v) is 5.34. The van der Waals surface area contributed by atoms with E-state index in [1.54, 1.807) is 16.7 Å². The third kappa shape index (κ3) is 3.83. The second kappa shape index (κ2) is 8.58. The van der Waals surface area contributed by atoms with Crippen molar-refractivity contribution in [3.63, 3.8) is 0 Å². The Morgan fingerprint density at radius 3 is 2.26 bits per heavy atom. The van der Waals surface area contributed by atoms with Gasteiger partial charge in [-0.2, -0.15) is 0 Å². The van der Waals surface area contributed by atoms with Gasteiger partial charge in [-0.05, 0) is 78.8 Å². The number of hydrogen-bond acceptors (Lipinski definition) is 2. The van der Waals surface area contributed by atoms with Crippen molar-refractivity contribution in [3.8, 4) is 11.1 Å². The normalized spacial score (nSPS) is 23.9. The molecule has 1 fully saturated rings. The molecule has 27 heavy (non-hydrogen) atoms. The maximum absolute atomic E-state index is 6.18. The first-order valence-corrected chi connectivity index (χ1v) is 11.0. The monoisotopic (exact) mass is 362 g/mol. The smallest absolute Gasteiger partial charge is 0.0104 e. The average molecular weight is 363 g/mol. The Morgan fingerprint density at radius 2 is 1.44 bits per heavy atom. The average Bonchev–Trinajstić information content (AvgIpc) is 3.03. The molecule has 0 saturated heterocycles. The second-order valence-corrected chi connectivity index (χ2v) is 8.55. The maximum atomic E-state index is 6.18. The van der Waals surface area contributed by atoms with Crippen molar-refractivity contribution in [2.24, 2.45) is 11.5 Å². The van der Waals surface area contributed by atoms with E-state index in [4.69, 9.17) is 11.5 Å². The fourth-order valence-electron chi connectivity index (χ4n) is 5.34. The van der Waals surface area contributed by atoms with Crippen LogP contribution in [0, 0.1) is 0 Å². The van der Waals surface area contributed by atoms with Gasteiger partial charge in [0.2, 0.25) is 0 Å². The highest BCUT2D eigenvalue weighted by Crippen LogP contribution is 2.51. The molecule has 2 heteroatoms. The first-order valence-electron chi connectivity index (χ1n) is 11.0. The Bertz CT molecular complexity index is 759. The van der Waals surface area contributed by atoms with Gasteiger partial charge in [0, 0.05) is 12.0 Å². The molecule has 1 unspecified atom stereocenters. The van der Waals surface area contributed by atoms with Crippen LogP contribution in [0.15, 0.2) is 42.5 Å².